The minimum Gasteiger partial charge on any atom is -0.497 e. The van der Waals surface area contributed by atoms with Gasteiger partial charge in [0, 0.05) is 31.0 Å². The Morgan fingerprint density at radius 2 is 1.74 bits per heavy atom. The molecule has 2 amide bonds. The Labute approximate surface area is 113 Å². The number of hydrogen-bond acceptors (Lipinski definition) is 4. The summed E-state index contributed by atoms with van der Waals surface area (Å²) in [6.45, 7) is 2.31. The van der Waals surface area contributed by atoms with Crippen LogP contribution in [-0.4, -0.2) is 40.0 Å². The molecule has 2 N–H and O–H groups in total. The maximum atomic E-state index is 11.7. The fraction of sp³-hybridized carbons (Fsp3) is 0.462. The number of carbonyl (C=O) groups is 1. The second-order valence-corrected chi connectivity index (χ2v) is 4.06. The van der Waals surface area contributed by atoms with Crippen LogP contribution in [0, 0.1) is 0 Å². The molecule has 0 aromatic heterocycles. The van der Waals surface area contributed by atoms with Crippen LogP contribution in [-0.2, 0) is 4.74 Å². The van der Waals surface area contributed by atoms with Gasteiger partial charge < -0.3 is 24.8 Å². The van der Waals surface area contributed by atoms with Crippen molar-refractivity contribution in [3.05, 3.63) is 18.2 Å². The van der Waals surface area contributed by atoms with E-state index in [-0.39, 0.29) is 12.1 Å². The van der Waals surface area contributed by atoms with Crippen molar-refractivity contribution >= 4 is 11.7 Å². The molecule has 0 heterocycles. The number of benzene rings is 1. The maximum Gasteiger partial charge on any atom is 0.319 e. The third kappa shape index (κ3) is 5.05. The van der Waals surface area contributed by atoms with Crippen molar-refractivity contribution in [1.82, 2.24) is 5.32 Å². The van der Waals surface area contributed by atoms with Crippen LogP contribution in [0.4, 0.5) is 10.5 Å². The largest absolute Gasteiger partial charge is 0.497 e. The molecule has 1 rings (SSSR count). The lowest BCUT2D eigenvalue weighted by Crippen LogP contribution is -2.38. The average Bonchev–Trinajstić information content (AvgIpc) is 2.38. The molecule has 0 radical (unpaired) electrons. The van der Waals surface area contributed by atoms with Crippen LogP contribution in [0.1, 0.15) is 6.92 Å². The highest BCUT2D eigenvalue weighted by Crippen LogP contribution is 2.25. The summed E-state index contributed by atoms with van der Waals surface area (Å²) >= 11 is 0. The first-order valence-corrected chi connectivity index (χ1v) is 5.88. The number of urea groups is 1. The lowest BCUT2D eigenvalue weighted by Gasteiger charge is -2.14. The number of hydrogen-bond donors (Lipinski definition) is 2. The van der Waals surface area contributed by atoms with Crippen molar-refractivity contribution in [1.29, 1.82) is 0 Å². The van der Waals surface area contributed by atoms with E-state index in [1.54, 1.807) is 39.5 Å². The van der Waals surface area contributed by atoms with Gasteiger partial charge in [0.25, 0.3) is 0 Å². The Hall–Kier alpha value is -1.95. The summed E-state index contributed by atoms with van der Waals surface area (Å²) in [5.74, 6) is 1.22. The normalized spacial score (nSPS) is 11.6. The predicted molar refractivity (Wildman–Crippen MR) is 73.0 cm³/mol. The van der Waals surface area contributed by atoms with E-state index in [1.807, 2.05) is 6.92 Å². The minimum atomic E-state index is -0.306. The zero-order chi connectivity index (χ0) is 14.3. The van der Waals surface area contributed by atoms with Gasteiger partial charge in [0.05, 0.1) is 26.9 Å². The van der Waals surface area contributed by atoms with Crippen LogP contribution in [0.25, 0.3) is 0 Å². The Morgan fingerprint density at radius 3 is 2.21 bits per heavy atom. The second-order valence-electron chi connectivity index (χ2n) is 4.06. The highest BCUT2D eigenvalue weighted by molar-refractivity contribution is 5.89. The van der Waals surface area contributed by atoms with Crippen molar-refractivity contribution in [2.45, 2.75) is 13.0 Å². The number of methoxy groups -OCH3 is 3. The molecule has 1 aromatic carbocycles. The van der Waals surface area contributed by atoms with E-state index in [4.69, 9.17) is 14.2 Å². The van der Waals surface area contributed by atoms with Crippen LogP contribution < -0.4 is 20.1 Å². The zero-order valence-corrected chi connectivity index (χ0v) is 11.6. The topological polar surface area (TPSA) is 68.8 Å². The van der Waals surface area contributed by atoms with Crippen molar-refractivity contribution in [2.24, 2.45) is 0 Å². The first-order chi connectivity index (χ1) is 9.08. The molecule has 0 aliphatic heterocycles. The summed E-state index contributed by atoms with van der Waals surface area (Å²) in [7, 11) is 4.70. The minimum absolute atomic E-state index is 0.0718. The van der Waals surface area contributed by atoms with Gasteiger partial charge in [0.15, 0.2) is 0 Å². The molecule has 0 saturated carbocycles. The van der Waals surface area contributed by atoms with Gasteiger partial charge in [-0.3, -0.25) is 0 Å². The third-order valence-corrected chi connectivity index (χ3v) is 2.40. The quantitative estimate of drug-likeness (QED) is 0.826. The van der Waals surface area contributed by atoms with E-state index in [1.165, 1.54) is 0 Å². The van der Waals surface area contributed by atoms with E-state index in [0.717, 1.165) is 0 Å². The van der Waals surface area contributed by atoms with Crippen molar-refractivity contribution in [3.63, 3.8) is 0 Å². The van der Waals surface area contributed by atoms with Gasteiger partial charge in [-0.2, -0.15) is 0 Å². The molecular weight excluding hydrogens is 248 g/mol. The smallest absolute Gasteiger partial charge is 0.319 e. The Kier molecular flexibility index (Phi) is 5.95. The van der Waals surface area contributed by atoms with E-state index in [0.29, 0.717) is 23.8 Å². The summed E-state index contributed by atoms with van der Waals surface area (Å²) in [6, 6.07) is 4.78. The molecule has 1 atom stereocenters. The van der Waals surface area contributed by atoms with Crippen molar-refractivity contribution in [3.8, 4) is 11.5 Å². The van der Waals surface area contributed by atoms with Gasteiger partial charge in [0.2, 0.25) is 0 Å². The van der Waals surface area contributed by atoms with Crippen molar-refractivity contribution in [2.75, 3.05) is 33.3 Å². The molecule has 0 spiro atoms. The standard InChI is InChI=1S/C13H20N2O4/c1-9(8-17-2)14-13(16)15-10-5-11(18-3)7-12(6-10)19-4/h5-7,9H,8H2,1-4H3,(H2,14,15,16). The Morgan fingerprint density at radius 1 is 1.16 bits per heavy atom. The molecule has 0 aliphatic carbocycles. The van der Waals surface area contributed by atoms with E-state index in [2.05, 4.69) is 10.6 Å². The monoisotopic (exact) mass is 268 g/mol. The molecule has 6 nitrogen and oxygen atoms in total. The van der Waals surface area contributed by atoms with Crippen LogP contribution in [0.5, 0.6) is 11.5 Å². The number of rotatable bonds is 6. The van der Waals surface area contributed by atoms with Crippen LogP contribution in [0.15, 0.2) is 18.2 Å². The van der Waals surface area contributed by atoms with Crippen LogP contribution in [0.3, 0.4) is 0 Å². The lowest BCUT2D eigenvalue weighted by atomic mass is 10.3. The SMILES string of the molecule is COCC(C)NC(=O)Nc1cc(OC)cc(OC)c1. The van der Waals surface area contributed by atoms with Crippen LogP contribution in [0.2, 0.25) is 0 Å². The molecule has 0 saturated heterocycles. The zero-order valence-electron chi connectivity index (χ0n) is 11.6. The molecule has 0 fully saturated rings. The fourth-order valence-corrected chi connectivity index (χ4v) is 1.56. The Balaban J connectivity index is 2.67. The second kappa shape index (κ2) is 7.48. The molecule has 106 valence electrons. The number of nitrogens with one attached hydrogen (secondary N) is 2. The van der Waals surface area contributed by atoms with E-state index in [9.17, 15) is 4.79 Å². The highest BCUT2D eigenvalue weighted by atomic mass is 16.5. The molecule has 0 aliphatic rings. The summed E-state index contributed by atoms with van der Waals surface area (Å²) in [6.07, 6.45) is 0. The molecule has 1 unspecified atom stereocenters. The van der Waals surface area contributed by atoms with Gasteiger partial charge in [-0.15, -0.1) is 0 Å². The molecule has 6 heteroatoms. The average molecular weight is 268 g/mol. The first-order valence-electron chi connectivity index (χ1n) is 5.88. The number of ether oxygens (including phenoxy) is 3. The van der Waals surface area contributed by atoms with Crippen LogP contribution >= 0.6 is 0 Å². The summed E-state index contributed by atoms with van der Waals surface area (Å²) in [5, 5.41) is 5.46. The summed E-state index contributed by atoms with van der Waals surface area (Å²) in [4.78, 5) is 11.7. The van der Waals surface area contributed by atoms with Crippen molar-refractivity contribution < 1.29 is 19.0 Å². The maximum absolute atomic E-state index is 11.7. The number of anilines is 1. The highest BCUT2D eigenvalue weighted by Gasteiger charge is 2.08. The summed E-state index contributed by atoms with van der Waals surface area (Å²) < 4.78 is 15.2. The molecular formula is C13H20N2O4. The summed E-state index contributed by atoms with van der Waals surface area (Å²) in [5.41, 5.74) is 0.596. The molecule has 19 heavy (non-hydrogen) atoms. The number of amides is 2. The van der Waals surface area contributed by atoms with Gasteiger partial charge >= 0.3 is 6.03 Å². The third-order valence-electron chi connectivity index (χ3n) is 2.40. The van der Waals surface area contributed by atoms with Gasteiger partial charge in [0.1, 0.15) is 11.5 Å². The fourth-order valence-electron chi connectivity index (χ4n) is 1.56. The van der Waals surface area contributed by atoms with E-state index < -0.39 is 0 Å². The number of carbonyl (C=O) groups excluding carboxylic acids is 1. The van der Waals surface area contributed by atoms with Gasteiger partial charge in [-0.05, 0) is 6.92 Å². The van der Waals surface area contributed by atoms with Gasteiger partial charge in [-0.1, -0.05) is 0 Å². The van der Waals surface area contributed by atoms with Gasteiger partial charge in [-0.25, -0.2) is 4.79 Å². The van der Waals surface area contributed by atoms with E-state index >= 15 is 0 Å². The first kappa shape index (κ1) is 15.1. The molecule has 0 bridgehead atoms. The Bertz CT molecular complexity index is 401. The molecule has 1 aromatic rings. The predicted octanol–water partition coefficient (Wildman–Crippen LogP) is 1.86. The lowest BCUT2D eigenvalue weighted by molar-refractivity contribution is 0.173.